The van der Waals surface area contributed by atoms with Gasteiger partial charge in [-0.05, 0) is 62.2 Å². The van der Waals surface area contributed by atoms with Crippen LogP contribution in [0.3, 0.4) is 0 Å². The summed E-state index contributed by atoms with van der Waals surface area (Å²) in [4.78, 5) is 32.0. The topological polar surface area (TPSA) is 97.6 Å². The highest BCUT2D eigenvalue weighted by molar-refractivity contribution is 7.07. The van der Waals surface area contributed by atoms with Gasteiger partial charge in [-0.3, -0.25) is 9.36 Å². The molecule has 10 heteroatoms. The number of nitrogens with zero attached hydrogens (tertiary/aromatic N) is 2. The molecule has 0 saturated heterocycles. The second kappa shape index (κ2) is 10.1. The lowest BCUT2D eigenvalue weighted by Crippen LogP contribution is -2.40. The van der Waals surface area contributed by atoms with Gasteiger partial charge in [-0.15, -0.1) is 0 Å². The van der Waals surface area contributed by atoms with Crippen molar-refractivity contribution in [2.75, 3.05) is 27.1 Å². The van der Waals surface area contributed by atoms with Gasteiger partial charge in [-0.25, -0.2) is 9.79 Å². The molecule has 3 aromatic rings. The molecule has 1 aromatic heterocycles. The van der Waals surface area contributed by atoms with E-state index in [0.717, 1.165) is 5.56 Å². The number of allylic oxidation sites excluding steroid dienone is 1. The Kier molecular flexibility index (Phi) is 6.75. The fourth-order valence-corrected chi connectivity index (χ4v) is 5.44. The highest BCUT2D eigenvalue weighted by Crippen LogP contribution is 2.36. The van der Waals surface area contributed by atoms with Crippen LogP contribution < -0.4 is 33.8 Å². The number of ether oxygens (including phenoxy) is 5. The van der Waals surface area contributed by atoms with Gasteiger partial charge >= 0.3 is 5.97 Å². The van der Waals surface area contributed by atoms with E-state index in [9.17, 15) is 9.59 Å². The number of esters is 1. The van der Waals surface area contributed by atoms with E-state index in [-0.39, 0.29) is 19.0 Å². The number of benzene rings is 2. The third-order valence-electron chi connectivity index (χ3n) is 6.01. The minimum absolute atomic E-state index is 0.169. The summed E-state index contributed by atoms with van der Waals surface area (Å²) in [5, 5.41) is 0. The molecule has 5 rings (SSSR count). The van der Waals surface area contributed by atoms with E-state index in [1.54, 1.807) is 43.7 Å². The monoisotopic (exact) mass is 522 g/mol. The number of thiazole rings is 1. The number of rotatable bonds is 7. The third kappa shape index (κ3) is 4.48. The van der Waals surface area contributed by atoms with E-state index in [1.165, 1.54) is 11.3 Å². The molecule has 2 aliphatic heterocycles. The summed E-state index contributed by atoms with van der Waals surface area (Å²) in [7, 11) is 1.56. The molecule has 0 aliphatic carbocycles. The number of carbonyl (C=O) groups excluding carboxylic acids is 1. The van der Waals surface area contributed by atoms with Crippen molar-refractivity contribution in [1.29, 1.82) is 0 Å². The maximum Gasteiger partial charge on any atom is 0.338 e. The second-order valence-electron chi connectivity index (χ2n) is 8.26. The first-order valence-electron chi connectivity index (χ1n) is 11.8. The van der Waals surface area contributed by atoms with E-state index >= 15 is 0 Å². The Morgan fingerprint density at radius 1 is 1.14 bits per heavy atom. The molecule has 0 spiro atoms. The molecule has 2 aliphatic rings. The van der Waals surface area contributed by atoms with Crippen molar-refractivity contribution < 1.29 is 28.5 Å². The molecule has 1 atom stereocenters. The van der Waals surface area contributed by atoms with Crippen LogP contribution in [0.2, 0.25) is 0 Å². The highest BCUT2D eigenvalue weighted by Gasteiger charge is 2.34. The van der Waals surface area contributed by atoms with Crippen molar-refractivity contribution in [2.45, 2.75) is 26.8 Å². The van der Waals surface area contributed by atoms with E-state index in [2.05, 4.69) is 4.99 Å². The number of methoxy groups -OCH3 is 1. The Labute approximate surface area is 216 Å². The van der Waals surface area contributed by atoms with Crippen molar-refractivity contribution in [3.63, 3.8) is 0 Å². The highest BCUT2D eigenvalue weighted by atomic mass is 32.1. The van der Waals surface area contributed by atoms with Crippen molar-refractivity contribution >= 4 is 23.4 Å². The molecular formula is C27H26N2O7S. The molecule has 0 radical (unpaired) electrons. The van der Waals surface area contributed by atoms with Gasteiger partial charge in [0.05, 0.1) is 42.2 Å². The van der Waals surface area contributed by atoms with Gasteiger partial charge in [0.25, 0.3) is 5.56 Å². The van der Waals surface area contributed by atoms with Crippen LogP contribution in [0.25, 0.3) is 6.08 Å². The summed E-state index contributed by atoms with van der Waals surface area (Å²) in [6.07, 6.45) is 1.78. The Morgan fingerprint density at radius 3 is 2.70 bits per heavy atom. The molecule has 37 heavy (non-hydrogen) atoms. The molecule has 2 aromatic carbocycles. The van der Waals surface area contributed by atoms with E-state index < -0.39 is 12.0 Å². The molecule has 0 bridgehead atoms. The van der Waals surface area contributed by atoms with Crippen LogP contribution in [0.1, 0.15) is 37.9 Å². The Hall–Kier alpha value is -4.05. The summed E-state index contributed by atoms with van der Waals surface area (Å²) in [6, 6.07) is 10.1. The van der Waals surface area contributed by atoms with Crippen LogP contribution in [0.15, 0.2) is 57.5 Å². The van der Waals surface area contributed by atoms with Gasteiger partial charge in [0, 0.05) is 0 Å². The van der Waals surface area contributed by atoms with Crippen molar-refractivity contribution in [3.05, 3.63) is 78.5 Å². The SMILES string of the molecule is CCOC(=O)C1=C(C)N=c2s/c(=C\c3ccc4c(c3)OCO4)c(=O)n2[C@@H]1c1ccc(OC)c(OCC)c1. The van der Waals surface area contributed by atoms with Crippen LogP contribution in [0.4, 0.5) is 0 Å². The first-order chi connectivity index (χ1) is 17.9. The summed E-state index contributed by atoms with van der Waals surface area (Å²) < 4.78 is 29.4. The number of aromatic nitrogens is 1. The molecular weight excluding hydrogens is 496 g/mol. The summed E-state index contributed by atoms with van der Waals surface area (Å²) in [5.74, 6) is 1.84. The van der Waals surface area contributed by atoms with Crippen LogP contribution in [0, 0.1) is 0 Å². The average molecular weight is 523 g/mol. The zero-order valence-corrected chi connectivity index (χ0v) is 21.7. The molecule has 192 valence electrons. The van der Waals surface area contributed by atoms with Crippen molar-refractivity contribution in [2.24, 2.45) is 4.99 Å². The van der Waals surface area contributed by atoms with Gasteiger partial charge in [-0.2, -0.15) is 0 Å². The number of fused-ring (bicyclic) bond motifs is 2. The lowest BCUT2D eigenvalue weighted by atomic mass is 9.95. The molecule has 0 unspecified atom stereocenters. The van der Waals surface area contributed by atoms with Crippen molar-refractivity contribution in [1.82, 2.24) is 4.57 Å². The summed E-state index contributed by atoms with van der Waals surface area (Å²) >= 11 is 1.26. The summed E-state index contributed by atoms with van der Waals surface area (Å²) in [6.45, 7) is 6.16. The predicted octanol–water partition coefficient (Wildman–Crippen LogP) is 2.93. The van der Waals surface area contributed by atoms with Gasteiger partial charge in [0.15, 0.2) is 27.8 Å². The largest absolute Gasteiger partial charge is 0.493 e. The standard InChI is InChI=1S/C27H26N2O7S/c1-5-33-21-13-17(8-10-18(21)32-4)24-23(26(31)34-6-2)15(3)28-27-29(24)25(30)22(37-27)12-16-7-9-19-20(11-16)36-14-35-19/h7-13,24H,5-6,14H2,1-4H3/b22-12-/t24-/m1/s1. The van der Waals surface area contributed by atoms with E-state index in [4.69, 9.17) is 23.7 Å². The normalized spacial score (nSPS) is 16.3. The van der Waals surface area contributed by atoms with E-state index in [0.29, 0.717) is 55.8 Å². The zero-order chi connectivity index (χ0) is 26.1. The fourth-order valence-electron chi connectivity index (χ4n) is 4.39. The molecule has 0 amide bonds. The summed E-state index contributed by atoms with van der Waals surface area (Å²) in [5.41, 5.74) is 1.99. The minimum atomic E-state index is -0.751. The first-order valence-corrected chi connectivity index (χ1v) is 12.7. The van der Waals surface area contributed by atoms with Gasteiger partial charge < -0.3 is 23.7 Å². The first kappa shape index (κ1) is 24.6. The lowest BCUT2D eigenvalue weighted by molar-refractivity contribution is -0.139. The molecule has 9 nitrogen and oxygen atoms in total. The van der Waals surface area contributed by atoms with Crippen molar-refractivity contribution in [3.8, 4) is 23.0 Å². The Balaban J connectivity index is 1.70. The second-order valence-corrected chi connectivity index (χ2v) is 9.27. The molecule has 0 fully saturated rings. The zero-order valence-electron chi connectivity index (χ0n) is 20.9. The van der Waals surface area contributed by atoms with Crippen LogP contribution in [-0.4, -0.2) is 37.7 Å². The van der Waals surface area contributed by atoms with Gasteiger partial charge in [-0.1, -0.05) is 23.5 Å². The third-order valence-corrected chi connectivity index (χ3v) is 7.00. The fraction of sp³-hybridized carbons (Fsp3) is 0.296. The van der Waals surface area contributed by atoms with Crippen LogP contribution in [-0.2, 0) is 9.53 Å². The van der Waals surface area contributed by atoms with Gasteiger partial charge in [0.2, 0.25) is 6.79 Å². The van der Waals surface area contributed by atoms with Crippen LogP contribution in [0.5, 0.6) is 23.0 Å². The number of carbonyl (C=O) groups is 1. The Bertz CT molecular complexity index is 1580. The molecule has 3 heterocycles. The maximum absolute atomic E-state index is 13.8. The smallest absolute Gasteiger partial charge is 0.338 e. The van der Waals surface area contributed by atoms with E-state index in [1.807, 2.05) is 31.2 Å². The predicted molar refractivity (Wildman–Crippen MR) is 137 cm³/mol. The van der Waals surface area contributed by atoms with Gasteiger partial charge in [0.1, 0.15) is 0 Å². The average Bonchev–Trinajstić information content (AvgIpc) is 3.47. The molecule has 0 N–H and O–H groups in total. The lowest BCUT2D eigenvalue weighted by Gasteiger charge is -2.25. The minimum Gasteiger partial charge on any atom is -0.493 e. The maximum atomic E-state index is 13.8. The quantitative estimate of drug-likeness (QED) is 0.440. The Morgan fingerprint density at radius 2 is 1.95 bits per heavy atom. The number of hydrogen-bond donors (Lipinski definition) is 0. The van der Waals surface area contributed by atoms with Crippen LogP contribution >= 0.6 is 11.3 Å². The molecule has 0 saturated carbocycles. The number of hydrogen-bond acceptors (Lipinski definition) is 9.